The van der Waals surface area contributed by atoms with E-state index in [1.165, 1.54) is 31.2 Å². The molecule has 0 N–H and O–H groups in total. The normalized spacial score (nSPS) is 12.5. The summed E-state index contributed by atoms with van der Waals surface area (Å²) in [6.07, 6.45) is 1.14. The summed E-state index contributed by atoms with van der Waals surface area (Å²) in [5, 5.41) is 0.362. The van der Waals surface area contributed by atoms with Crippen LogP contribution in [0.4, 0.5) is 0 Å². The van der Waals surface area contributed by atoms with Gasteiger partial charge in [0, 0.05) is 17.4 Å². The fourth-order valence-corrected chi connectivity index (χ4v) is 3.72. The summed E-state index contributed by atoms with van der Waals surface area (Å²) in [5.41, 5.74) is -1.00. The van der Waals surface area contributed by atoms with Gasteiger partial charge in [0.05, 0.1) is 4.90 Å². The van der Waals surface area contributed by atoms with Crippen molar-refractivity contribution in [2.75, 3.05) is 0 Å². The molecule has 7 nitrogen and oxygen atoms in total. The van der Waals surface area contributed by atoms with Crippen LogP contribution in [0.25, 0.3) is 0 Å². The summed E-state index contributed by atoms with van der Waals surface area (Å²) in [7, 11) is -4.15. The smallest absolute Gasteiger partial charge is 0.349 e. The number of ether oxygens (including phenoxy) is 1. The lowest BCUT2D eigenvalue weighted by molar-refractivity contribution is 0.0723. The van der Waals surface area contributed by atoms with Crippen LogP contribution >= 0.6 is 11.6 Å². The zero-order chi connectivity index (χ0) is 19.6. The van der Waals surface area contributed by atoms with Gasteiger partial charge in [-0.15, -0.1) is 0 Å². The molecule has 1 heterocycles. The second-order valence-corrected chi connectivity index (χ2v) is 7.87. The lowest BCUT2D eigenvalue weighted by Crippen LogP contribution is -2.38. The highest BCUT2D eigenvalue weighted by atomic mass is 35.5. The fraction of sp³-hybridized carbons (Fsp3) is 0.111. The molecule has 0 bridgehead atoms. The van der Waals surface area contributed by atoms with Gasteiger partial charge in [-0.05, 0) is 43.3 Å². The molecule has 0 radical (unpaired) electrons. The maximum absolute atomic E-state index is 12.6. The van der Waals surface area contributed by atoms with Crippen molar-refractivity contribution in [1.29, 1.82) is 0 Å². The molecular formula is C18H15ClN2O5S. The summed E-state index contributed by atoms with van der Waals surface area (Å²) in [6.45, 7) is 1.48. The van der Waals surface area contributed by atoms with Crippen molar-refractivity contribution in [3.63, 3.8) is 0 Å². The molecule has 0 aliphatic carbocycles. The van der Waals surface area contributed by atoms with Crippen LogP contribution in [0, 0.1) is 0 Å². The highest BCUT2D eigenvalue weighted by Gasteiger charge is 2.25. The third kappa shape index (κ3) is 3.81. The first kappa shape index (κ1) is 18.9. The fourth-order valence-electron chi connectivity index (χ4n) is 2.38. The van der Waals surface area contributed by atoms with Crippen molar-refractivity contribution >= 4 is 27.5 Å². The van der Waals surface area contributed by atoms with Gasteiger partial charge in [0.15, 0.2) is 6.10 Å². The Kier molecular flexibility index (Phi) is 5.20. The van der Waals surface area contributed by atoms with Gasteiger partial charge in [-0.25, -0.2) is 17.8 Å². The first-order valence-electron chi connectivity index (χ1n) is 7.88. The molecule has 1 atom stereocenters. The maximum atomic E-state index is 12.6. The van der Waals surface area contributed by atoms with E-state index in [0.717, 1.165) is 12.4 Å². The van der Waals surface area contributed by atoms with Crippen LogP contribution in [0.2, 0.25) is 5.02 Å². The van der Waals surface area contributed by atoms with E-state index >= 15 is 0 Å². The lowest BCUT2D eigenvalue weighted by atomic mass is 10.3. The molecule has 0 aliphatic rings. The monoisotopic (exact) mass is 406 g/mol. The van der Waals surface area contributed by atoms with Crippen molar-refractivity contribution in [3.05, 3.63) is 82.5 Å². The number of halogens is 1. The molecule has 0 unspecified atom stereocenters. The van der Waals surface area contributed by atoms with Crippen LogP contribution in [-0.4, -0.2) is 29.0 Å². The van der Waals surface area contributed by atoms with E-state index in [4.69, 9.17) is 16.3 Å². The van der Waals surface area contributed by atoms with Crippen molar-refractivity contribution < 1.29 is 17.9 Å². The molecule has 0 saturated carbocycles. The number of benzene rings is 2. The second kappa shape index (κ2) is 7.42. The highest BCUT2D eigenvalue weighted by molar-refractivity contribution is 7.90. The zero-order valence-electron chi connectivity index (χ0n) is 14.2. The Morgan fingerprint density at radius 2 is 1.67 bits per heavy atom. The van der Waals surface area contributed by atoms with Gasteiger partial charge < -0.3 is 4.74 Å². The summed E-state index contributed by atoms with van der Waals surface area (Å²) in [4.78, 5) is 24.9. The number of hydrogen-bond donors (Lipinski definition) is 0. The van der Waals surface area contributed by atoms with Gasteiger partial charge in [0.2, 0.25) is 0 Å². The predicted octanol–water partition coefficient (Wildman–Crippen LogP) is 2.65. The molecular weight excluding hydrogens is 392 g/mol. The second-order valence-electron chi connectivity index (χ2n) is 5.62. The average molecular weight is 407 g/mol. The van der Waals surface area contributed by atoms with Gasteiger partial charge in [0.1, 0.15) is 5.75 Å². The Morgan fingerprint density at radius 1 is 1.04 bits per heavy atom. The van der Waals surface area contributed by atoms with Crippen molar-refractivity contribution in [1.82, 2.24) is 8.54 Å². The third-order valence-corrected chi connectivity index (χ3v) is 5.67. The van der Waals surface area contributed by atoms with Crippen molar-refractivity contribution in [3.8, 4) is 5.75 Å². The molecule has 0 fully saturated rings. The van der Waals surface area contributed by atoms with Crippen LogP contribution in [0.15, 0.2) is 76.7 Å². The van der Waals surface area contributed by atoms with Crippen molar-refractivity contribution in [2.45, 2.75) is 17.9 Å². The quantitative estimate of drug-likeness (QED) is 0.650. The summed E-state index contributed by atoms with van der Waals surface area (Å²) in [6, 6.07) is 14.0. The first-order valence-corrected chi connectivity index (χ1v) is 9.69. The van der Waals surface area contributed by atoms with E-state index in [2.05, 4.69) is 0 Å². The highest BCUT2D eigenvalue weighted by Crippen LogP contribution is 2.16. The largest absolute Gasteiger partial charge is 0.481 e. The average Bonchev–Trinajstić information content (AvgIpc) is 3.04. The Morgan fingerprint density at radius 3 is 2.30 bits per heavy atom. The molecule has 3 aromatic rings. The number of hydrogen-bond acceptors (Lipinski definition) is 5. The third-order valence-electron chi connectivity index (χ3n) is 3.76. The molecule has 0 saturated heterocycles. The number of rotatable bonds is 5. The Labute approximate surface area is 160 Å². The van der Waals surface area contributed by atoms with E-state index in [-0.39, 0.29) is 4.90 Å². The Bertz CT molecular complexity index is 1120. The van der Waals surface area contributed by atoms with E-state index in [1.807, 2.05) is 0 Å². The minimum absolute atomic E-state index is 0.118. The van der Waals surface area contributed by atoms with Gasteiger partial charge in [0.25, 0.3) is 15.9 Å². The maximum Gasteiger partial charge on any atom is 0.349 e. The minimum atomic E-state index is -4.15. The predicted molar refractivity (Wildman–Crippen MR) is 99.9 cm³/mol. The lowest BCUT2D eigenvalue weighted by Gasteiger charge is -2.13. The first-order chi connectivity index (χ1) is 12.8. The van der Waals surface area contributed by atoms with E-state index in [1.54, 1.807) is 30.3 Å². The van der Waals surface area contributed by atoms with Crippen molar-refractivity contribution in [2.24, 2.45) is 0 Å². The summed E-state index contributed by atoms with van der Waals surface area (Å²) < 4.78 is 32.0. The molecule has 9 heteroatoms. The number of carbonyl (C=O) groups is 1. The van der Waals surface area contributed by atoms with Crippen LogP contribution in [0.1, 0.15) is 11.7 Å². The Balaban J connectivity index is 1.89. The van der Waals surface area contributed by atoms with Gasteiger partial charge in [-0.2, -0.15) is 3.97 Å². The number of carbonyl (C=O) groups excluding carboxylic acids is 1. The minimum Gasteiger partial charge on any atom is -0.481 e. The van der Waals surface area contributed by atoms with Gasteiger partial charge in [-0.3, -0.25) is 4.79 Å². The van der Waals surface area contributed by atoms with Crippen LogP contribution in [-0.2, 0) is 10.0 Å². The van der Waals surface area contributed by atoms with Crippen LogP contribution in [0.5, 0.6) is 5.75 Å². The molecule has 1 aromatic heterocycles. The molecule has 0 amide bonds. The number of nitrogens with zero attached hydrogens (tertiary/aromatic N) is 2. The number of para-hydroxylation sites is 1. The van der Waals surface area contributed by atoms with Crippen LogP contribution in [0.3, 0.4) is 0 Å². The van der Waals surface area contributed by atoms with Crippen LogP contribution < -0.4 is 10.4 Å². The van der Waals surface area contributed by atoms with E-state index in [0.29, 0.717) is 19.3 Å². The summed E-state index contributed by atoms with van der Waals surface area (Å²) >= 11 is 5.76. The molecule has 0 aliphatic heterocycles. The standard InChI is InChI=1S/C18H15ClN2O5S/c1-13(26-15-5-3-2-4-6-15)17(22)20-11-12-21(18(20)23)27(24,25)16-9-7-14(19)8-10-16/h2-13H,1H3/t13-/m0/s1. The SMILES string of the molecule is C[C@H](Oc1ccccc1)C(=O)n1ccn(S(=O)(=O)c2ccc(Cl)cc2)c1=O. The van der Waals surface area contributed by atoms with E-state index < -0.39 is 27.7 Å². The molecule has 2 aromatic carbocycles. The van der Waals surface area contributed by atoms with E-state index in [9.17, 15) is 18.0 Å². The Hall–Kier alpha value is -2.84. The summed E-state index contributed by atoms with van der Waals surface area (Å²) in [5.74, 6) is -0.228. The number of aromatic nitrogens is 2. The number of imidazole rings is 1. The molecule has 0 spiro atoms. The van der Waals surface area contributed by atoms with Gasteiger partial charge in [-0.1, -0.05) is 29.8 Å². The topological polar surface area (TPSA) is 87.4 Å². The van der Waals surface area contributed by atoms with Gasteiger partial charge >= 0.3 is 5.69 Å². The molecule has 140 valence electrons. The zero-order valence-corrected chi connectivity index (χ0v) is 15.7. The molecule has 27 heavy (non-hydrogen) atoms. The molecule has 3 rings (SSSR count).